The number of aryl methyl sites for hydroxylation is 1. The van der Waals surface area contributed by atoms with E-state index in [0.29, 0.717) is 21.4 Å². The number of ether oxygens (including phenoxy) is 1. The summed E-state index contributed by atoms with van der Waals surface area (Å²) in [5.74, 6) is 0.565. The van der Waals surface area contributed by atoms with Crippen LogP contribution in [0.1, 0.15) is 11.5 Å². The second kappa shape index (κ2) is 6.80. The largest absolute Gasteiger partial charge is 0.506 e. The predicted molar refractivity (Wildman–Crippen MR) is 94.2 cm³/mol. The zero-order valence-electron chi connectivity index (χ0n) is 13.1. The van der Waals surface area contributed by atoms with Crippen LogP contribution in [0.25, 0.3) is 6.08 Å². The van der Waals surface area contributed by atoms with Gasteiger partial charge in [0.25, 0.3) is 0 Å². The van der Waals surface area contributed by atoms with Crippen LogP contribution in [-0.4, -0.2) is 23.2 Å². The first-order valence-corrected chi connectivity index (χ1v) is 8.02. The number of furan rings is 1. The maximum atomic E-state index is 12.0. The molecular weight excluding hydrogens is 326 g/mol. The number of thioether (sulfide) groups is 1. The van der Waals surface area contributed by atoms with Crippen LogP contribution in [0.15, 0.2) is 68.1 Å². The smallest absolute Gasteiger partial charge is 0.344 e. The molecule has 0 saturated heterocycles. The number of rotatable bonds is 3. The van der Waals surface area contributed by atoms with E-state index in [2.05, 4.69) is 4.99 Å². The standard InChI is InChI=1S/C18H15NO4S/c1-11-8-9-13(23-11)10-14-16(20)15(18(21)22-2)17(24-14)19-12-6-4-3-5-7-12/h3-10,20H,1-2H3. The highest BCUT2D eigenvalue weighted by Crippen LogP contribution is 2.40. The van der Waals surface area contributed by atoms with Crippen molar-refractivity contribution in [2.45, 2.75) is 6.92 Å². The van der Waals surface area contributed by atoms with Gasteiger partial charge >= 0.3 is 5.97 Å². The molecule has 1 aromatic carbocycles. The lowest BCUT2D eigenvalue weighted by Crippen LogP contribution is -2.10. The fourth-order valence-corrected chi connectivity index (χ4v) is 3.19. The number of methoxy groups -OCH3 is 1. The quantitative estimate of drug-likeness (QED) is 0.838. The van der Waals surface area contributed by atoms with Gasteiger partial charge in [0, 0.05) is 0 Å². The molecule has 0 amide bonds. The third kappa shape index (κ3) is 3.28. The molecule has 0 bridgehead atoms. The van der Waals surface area contributed by atoms with Crippen LogP contribution in [0, 0.1) is 6.92 Å². The molecule has 0 saturated carbocycles. The highest BCUT2D eigenvalue weighted by Gasteiger charge is 2.33. The molecule has 6 heteroatoms. The maximum absolute atomic E-state index is 12.0. The van der Waals surface area contributed by atoms with E-state index < -0.39 is 5.97 Å². The van der Waals surface area contributed by atoms with Gasteiger partial charge in [-0.3, -0.25) is 0 Å². The molecule has 0 spiro atoms. The van der Waals surface area contributed by atoms with Crippen molar-refractivity contribution in [2.75, 3.05) is 7.11 Å². The van der Waals surface area contributed by atoms with Crippen molar-refractivity contribution in [2.24, 2.45) is 4.99 Å². The number of carbonyl (C=O) groups excluding carboxylic acids is 1. The fourth-order valence-electron chi connectivity index (χ4n) is 2.17. The highest BCUT2D eigenvalue weighted by molar-refractivity contribution is 8.18. The number of para-hydroxylation sites is 1. The van der Waals surface area contributed by atoms with Crippen molar-refractivity contribution in [3.8, 4) is 0 Å². The van der Waals surface area contributed by atoms with E-state index in [9.17, 15) is 9.90 Å². The van der Waals surface area contributed by atoms with Gasteiger partial charge in [-0.15, -0.1) is 0 Å². The molecule has 0 radical (unpaired) electrons. The fraction of sp³-hybridized carbons (Fsp3) is 0.111. The Balaban J connectivity index is 2.03. The maximum Gasteiger partial charge on any atom is 0.344 e. The lowest BCUT2D eigenvalue weighted by molar-refractivity contribution is -0.135. The number of benzene rings is 1. The molecule has 1 N–H and O–H groups in total. The van der Waals surface area contributed by atoms with E-state index in [1.54, 1.807) is 12.1 Å². The monoisotopic (exact) mass is 341 g/mol. The van der Waals surface area contributed by atoms with Gasteiger partial charge in [0.05, 0.1) is 17.7 Å². The van der Waals surface area contributed by atoms with Crippen molar-refractivity contribution in [3.05, 3.63) is 70.2 Å². The first kappa shape index (κ1) is 16.1. The van der Waals surface area contributed by atoms with Crippen LogP contribution in [0.3, 0.4) is 0 Å². The minimum absolute atomic E-state index is 0.0564. The summed E-state index contributed by atoms with van der Waals surface area (Å²) in [5, 5.41) is 10.8. The van der Waals surface area contributed by atoms with Gasteiger partial charge < -0.3 is 14.3 Å². The average Bonchev–Trinajstić information content (AvgIpc) is 3.12. The summed E-state index contributed by atoms with van der Waals surface area (Å²) < 4.78 is 10.3. The van der Waals surface area contributed by atoms with Crippen LogP contribution in [0.4, 0.5) is 5.69 Å². The lowest BCUT2D eigenvalue weighted by Gasteiger charge is -2.01. The Kier molecular flexibility index (Phi) is 4.57. The van der Waals surface area contributed by atoms with Crippen LogP contribution in [0.2, 0.25) is 0 Å². The summed E-state index contributed by atoms with van der Waals surface area (Å²) in [5.41, 5.74) is 0.741. The molecule has 1 aliphatic heterocycles. The number of aliphatic imine (C=N–C) groups is 1. The van der Waals surface area contributed by atoms with Crippen molar-refractivity contribution < 1.29 is 19.1 Å². The first-order chi connectivity index (χ1) is 11.6. The van der Waals surface area contributed by atoms with Crippen LogP contribution >= 0.6 is 11.8 Å². The molecule has 1 aliphatic rings. The molecule has 0 unspecified atom stereocenters. The second-order valence-electron chi connectivity index (χ2n) is 5.03. The third-order valence-corrected chi connectivity index (χ3v) is 4.32. The Bertz CT molecular complexity index is 862. The van der Waals surface area contributed by atoms with E-state index in [4.69, 9.17) is 9.15 Å². The van der Waals surface area contributed by atoms with Gasteiger partial charge in [0.1, 0.15) is 27.9 Å². The first-order valence-electron chi connectivity index (χ1n) is 7.20. The van der Waals surface area contributed by atoms with Crippen molar-refractivity contribution in [1.82, 2.24) is 0 Å². The predicted octanol–water partition coefficient (Wildman–Crippen LogP) is 4.39. The van der Waals surface area contributed by atoms with Gasteiger partial charge in [-0.25, -0.2) is 9.79 Å². The molecule has 0 fully saturated rings. The summed E-state index contributed by atoms with van der Waals surface area (Å²) in [6.45, 7) is 1.83. The molecule has 1 aromatic heterocycles. The number of nitrogens with zero attached hydrogens (tertiary/aromatic N) is 1. The zero-order chi connectivity index (χ0) is 17.1. The SMILES string of the molecule is COC(=O)C1=C(O)C(=Cc2ccc(C)o2)SC1=Nc1ccccc1. The molecule has 2 heterocycles. The molecule has 0 atom stereocenters. The minimum Gasteiger partial charge on any atom is -0.506 e. The summed E-state index contributed by atoms with van der Waals surface area (Å²) >= 11 is 1.20. The summed E-state index contributed by atoms with van der Waals surface area (Å²) in [6.07, 6.45) is 1.67. The molecular formula is C18H15NO4S. The Morgan fingerprint density at radius 3 is 2.62 bits per heavy atom. The second-order valence-corrected chi connectivity index (χ2v) is 6.06. The van der Waals surface area contributed by atoms with Gasteiger partial charge in [-0.2, -0.15) is 0 Å². The van der Waals surface area contributed by atoms with E-state index in [1.807, 2.05) is 43.3 Å². The summed E-state index contributed by atoms with van der Waals surface area (Å²) in [7, 11) is 1.27. The van der Waals surface area contributed by atoms with Gasteiger partial charge in [-0.05, 0) is 37.3 Å². The molecule has 0 aliphatic carbocycles. The Morgan fingerprint density at radius 2 is 2.00 bits per heavy atom. The van der Waals surface area contributed by atoms with Crippen molar-refractivity contribution >= 4 is 34.5 Å². The molecule has 24 heavy (non-hydrogen) atoms. The zero-order valence-corrected chi connectivity index (χ0v) is 14.0. The summed E-state index contributed by atoms with van der Waals surface area (Å²) in [4.78, 5) is 17.0. The van der Waals surface area contributed by atoms with Crippen LogP contribution in [-0.2, 0) is 9.53 Å². The molecule has 5 nitrogen and oxygen atoms in total. The van der Waals surface area contributed by atoms with E-state index in [0.717, 1.165) is 5.76 Å². The number of hydrogen-bond acceptors (Lipinski definition) is 6. The normalized spacial score (nSPS) is 17.8. The van der Waals surface area contributed by atoms with Crippen LogP contribution < -0.4 is 0 Å². The van der Waals surface area contributed by atoms with Crippen molar-refractivity contribution in [1.29, 1.82) is 0 Å². The number of hydrogen-bond donors (Lipinski definition) is 1. The Labute approximate surface area is 143 Å². The third-order valence-electron chi connectivity index (χ3n) is 3.30. The number of aliphatic hydroxyl groups is 1. The number of aliphatic hydroxyl groups excluding tert-OH is 1. The number of esters is 1. The van der Waals surface area contributed by atoms with E-state index in [1.165, 1.54) is 18.9 Å². The lowest BCUT2D eigenvalue weighted by atomic mass is 10.2. The highest BCUT2D eigenvalue weighted by atomic mass is 32.2. The van der Waals surface area contributed by atoms with Gasteiger partial charge in [0.15, 0.2) is 0 Å². The average molecular weight is 341 g/mol. The minimum atomic E-state index is -0.631. The van der Waals surface area contributed by atoms with Crippen LogP contribution in [0.5, 0.6) is 0 Å². The van der Waals surface area contributed by atoms with E-state index >= 15 is 0 Å². The topological polar surface area (TPSA) is 72.0 Å². The molecule has 3 rings (SSSR count). The summed E-state index contributed by atoms with van der Waals surface area (Å²) in [6, 6.07) is 12.8. The molecule has 122 valence electrons. The Hall–Kier alpha value is -2.73. The van der Waals surface area contributed by atoms with Gasteiger partial charge in [-0.1, -0.05) is 30.0 Å². The van der Waals surface area contributed by atoms with Gasteiger partial charge in [0.2, 0.25) is 0 Å². The van der Waals surface area contributed by atoms with E-state index in [-0.39, 0.29) is 11.3 Å². The molecule has 2 aromatic rings. The number of carbonyl (C=O) groups is 1. The Morgan fingerprint density at radius 1 is 1.25 bits per heavy atom. The van der Waals surface area contributed by atoms with Crippen molar-refractivity contribution in [3.63, 3.8) is 0 Å².